The molecule has 72 valence electrons. The van der Waals surface area contributed by atoms with Crippen LogP contribution >= 0.6 is 0 Å². The molecule has 4 nitrogen and oxygen atoms in total. The Kier molecular flexibility index (Phi) is 1.98. The predicted molar refractivity (Wildman–Crippen MR) is 48.8 cm³/mol. The van der Waals surface area contributed by atoms with Crippen molar-refractivity contribution in [2.24, 2.45) is 0 Å². The highest BCUT2D eigenvalue weighted by Crippen LogP contribution is 2.23. The van der Waals surface area contributed by atoms with Gasteiger partial charge in [0.15, 0.2) is 0 Å². The molecule has 4 heteroatoms. The average molecular weight is 192 g/mol. The van der Waals surface area contributed by atoms with Crippen molar-refractivity contribution in [3.63, 3.8) is 0 Å². The second kappa shape index (κ2) is 3.16. The van der Waals surface area contributed by atoms with Gasteiger partial charge in [-0.2, -0.15) is 0 Å². The van der Waals surface area contributed by atoms with Gasteiger partial charge >= 0.3 is 5.97 Å². The molecular weight excluding hydrogens is 184 g/mol. The zero-order chi connectivity index (χ0) is 10.1. The van der Waals surface area contributed by atoms with E-state index in [1.54, 1.807) is 18.2 Å². The van der Waals surface area contributed by atoms with Crippen molar-refractivity contribution >= 4 is 16.9 Å². The summed E-state index contributed by atoms with van der Waals surface area (Å²) >= 11 is 0. The van der Waals surface area contributed by atoms with Gasteiger partial charge in [0.05, 0.1) is 0 Å². The SMILES string of the molecule is O=C(O)C(O)c1cc2ccccc2o1. The number of furan rings is 1. The van der Waals surface area contributed by atoms with Gasteiger partial charge in [0.25, 0.3) is 0 Å². The normalized spacial score (nSPS) is 12.9. The van der Waals surface area contributed by atoms with Crippen LogP contribution in [-0.2, 0) is 4.79 Å². The first kappa shape index (κ1) is 8.77. The van der Waals surface area contributed by atoms with Crippen LogP contribution in [0.3, 0.4) is 0 Å². The van der Waals surface area contributed by atoms with Crippen LogP contribution in [0.5, 0.6) is 0 Å². The van der Waals surface area contributed by atoms with Crippen molar-refractivity contribution in [2.45, 2.75) is 6.10 Å². The van der Waals surface area contributed by atoms with Gasteiger partial charge in [-0.3, -0.25) is 0 Å². The number of rotatable bonds is 2. The highest BCUT2D eigenvalue weighted by molar-refractivity contribution is 5.80. The Balaban J connectivity index is 2.50. The number of aliphatic carboxylic acids is 1. The molecule has 1 aromatic heterocycles. The molecule has 0 aliphatic heterocycles. The first-order valence-electron chi connectivity index (χ1n) is 4.08. The monoisotopic (exact) mass is 192 g/mol. The molecule has 2 aromatic rings. The maximum Gasteiger partial charge on any atom is 0.340 e. The molecule has 0 bridgehead atoms. The first-order chi connectivity index (χ1) is 6.68. The minimum Gasteiger partial charge on any atom is -0.479 e. The summed E-state index contributed by atoms with van der Waals surface area (Å²) in [4.78, 5) is 10.5. The standard InChI is InChI=1S/C10H8O4/c11-9(10(12)13)8-5-6-3-1-2-4-7(6)14-8/h1-5,9,11H,(H,12,13). The van der Waals surface area contributed by atoms with Gasteiger partial charge in [-0.05, 0) is 12.1 Å². The van der Waals surface area contributed by atoms with Gasteiger partial charge in [-0.25, -0.2) is 4.79 Å². The molecule has 0 aliphatic rings. The third-order valence-electron chi connectivity index (χ3n) is 1.95. The number of fused-ring (bicyclic) bond motifs is 1. The lowest BCUT2D eigenvalue weighted by atomic mass is 10.2. The predicted octanol–water partition coefficient (Wildman–Crippen LogP) is 1.55. The Hall–Kier alpha value is -1.81. The molecule has 0 saturated heterocycles. The van der Waals surface area contributed by atoms with Gasteiger partial charge in [0.1, 0.15) is 11.3 Å². The molecule has 0 saturated carbocycles. The van der Waals surface area contributed by atoms with Crippen LogP contribution in [0.25, 0.3) is 11.0 Å². The highest BCUT2D eigenvalue weighted by Gasteiger charge is 2.20. The lowest BCUT2D eigenvalue weighted by Gasteiger charge is -1.98. The maximum absolute atomic E-state index is 10.5. The molecule has 2 rings (SSSR count). The quantitative estimate of drug-likeness (QED) is 0.757. The summed E-state index contributed by atoms with van der Waals surface area (Å²) in [5, 5.41) is 18.5. The zero-order valence-electron chi connectivity index (χ0n) is 7.18. The Bertz CT molecular complexity index is 439. The van der Waals surface area contributed by atoms with E-state index in [0.717, 1.165) is 5.39 Å². The number of hydrogen-bond acceptors (Lipinski definition) is 3. The minimum absolute atomic E-state index is 0.0544. The molecule has 0 aliphatic carbocycles. The summed E-state index contributed by atoms with van der Waals surface area (Å²) in [5.41, 5.74) is 0.572. The fourth-order valence-electron chi connectivity index (χ4n) is 1.26. The second-order valence-corrected chi connectivity index (χ2v) is 2.93. The van der Waals surface area contributed by atoms with E-state index in [1.165, 1.54) is 6.07 Å². The molecule has 1 aromatic carbocycles. The van der Waals surface area contributed by atoms with Gasteiger partial charge < -0.3 is 14.6 Å². The number of para-hydroxylation sites is 1. The number of carboxylic acid groups (broad SMARTS) is 1. The Morgan fingerprint density at radius 3 is 2.71 bits per heavy atom. The van der Waals surface area contributed by atoms with Crippen molar-refractivity contribution in [2.75, 3.05) is 0 Å². The number of benzene rings is 1. The Labute approximate surface area is 79.4 Å². The topological polar surface area (TPSA) is 70.7 Å². The fraction of sp³-hybridized carbons (Fsp3) is 0.100. The van der Waals surface area contributed by atoms with E-state index in [1.807, 2.05) is 6.07 Å². The molecule has 2 N–H and O–H groups in total. The number of carbonyl (C=O) groups is 1. The van der Waals surface area contributed by atoms with Crippen LogP contribution in [0, 0.1) is 0 Å². The summed E-state index contributed by atoms with van der Waals surface area (Å²) < 4.78 is 5.16. The summed E-state index contributed by atoms with van der Waals surface area (Å²) in [6, 6.07) is 8.62. The number of aliphatic hydroxyl groups is 1. The molecule has 1 unspecified atom stereocenters. The van der Waals surface area contributed by atoms with E-state index in [0.29, 0.717) is 5.58 Å². The van der Waals surface area contributed by atoms with E-state index in [-0.39, 0.29) is 5.76 Å². The molecule has 0 amide bonds. The second-order valence-electron chi connectivity index (χ2n) is 2.93. The van der Waals surface area contributed by atoms with E-state index >= 15 is 0 Å². The molecular formula is C10H8O4. The van der Waals surface area contributed by atoms with E-state index in [4.69, 9.17) is 9.52 Å². The summed E-state index contributed by atoms with van der Waals surface area (Å²) in [5.74, 6) is -1.26. The first-order valence-corrected chi connectivity index (χ1v) is 4.08. The van der Waals surface area contributed by atoms with Gasteiger partial charge in [0.2, 0.25) is 6.10 Å². The van der Waals surface area contributed by atoms with Gasteiger partial charge in [0, 0.05) is 5.39 Å². The third kappa shape index (κ3) is 1.36. The van der Waals surface area contributed by atoms with Crippen molar-refractivity contribution in [1.29, 1.82) is 0 Å². The molecule has 0 radical (unpaired) electrons. The van der Waals surface area contributed by atoms with Crippen LogP contribution in [0.1, 0.15) is 11.9 Å². The van der Waals surface area contributed by atoms with Crippen molar-refractivity contribution in [3.05, 3.63) is 36.1 Å². The summed E-state index contributed by atoms with van der Waals surface area (Å²) in [6.07, 6.45) is -1.60. The van der Waals surface area contributed by atoms with E-state index in [9.17, 15) is 9.90 Å². The largest absolute Gasteiger partial charge is 0.479 e. The maximum atomic E-state index is 10.5. The van der Waals surface area contributed by atoms with Crippen LogP contribution in [0.15, 0.2) is 34.7 Å². The minimum atomic E-state index is -1.60. The summed E-state index contributed by atoms with van der Waals surface area (Å²) in [6.45, 7) is 0. The molecule has 1 atom stereocenters. The molecule has 1 heterocycles. The third-order valence-corrected chi connectivity index (χ3v) is 1.95. The lowest BCUT2D eigenvalue weighted by Crippen LogP contribution is -2.08. The molecule has 0 fully saturated rings. The van der Waals surface area contributed by atoms with Crippen LogP contribution < -0.4 is 0 Å². The highest BCUT2D eigenvalue weighted by atomic mass is 16.4. The van der Waals surface area contributed by atoms with E-state index in [2.05, 4.69) is 0 Å². The molecule has 0 spiro atoms. The van der Waals surface area contributed by atoms with Crippen molar-refractivity contribution < 1.29 is 19.4 Å². The number of carboxylic acids is 1. The lowest BCUT2D eigenvalue weighted by molar-refractivity contribution is -0.147. The number of hydrogen-bond donors (Lipinski definition) is 2. The van der Waals surface area contributed by atoms with E-state index < -0.39 is 12.1 Å². The van der Waals surface area contributed by atoms with Crippen molar-refractivity contribution in [1.82, 2.24) is 0 Å². The van der Waals surface area contributed by atoms with Crippen LogP contribution in [0.2, 0.25) is 0 Å². The van der Waals surface area contributed by atoms with Crippen LogP contribution in [-0.4, -0.2) is 16.2 Å². The zero-order valence-corrected chi connectivity index (χ0v) is 7.18. The molecule has 14 heavy (non-hydrogen) atoms. The summed E-state index contributed by atoms with van der Waals surface area (Å²) in [7, 11) is 0. The van der Waals surface area contributed by atoms with Crippen molar-refractivity contribution in [3.8, 4) is 0 Å². The number of aliphatic hydroxyl groups excluding tert-OH is 1. The Morgan fingerprint density at radius 2 is 2.07 bits per heavy atom. The van der Waals surface area contributed by atoms with Crippen LogP contribution in [0.4, 0.5) is 0 Å². The Morgan fingerprint density at radius 1 is 1.36 bits per heavy atom. The van der Waals surface area contributed by atoms with Gasteiger partial charge in [-0.15, -0.1) is 0 Å². The fourth-order valence-corrected chi connectivity index (χ4v) is 1.26. The average Bonchev–Trinajstić information content (AvgIpc) is 2.59. The van der Waals surface area contributed by atoms with Gasteiger partial charge in [-0.1, -0.05) is 18.2 Å². The smallest absolute Gasteiger partial charge is 0.340 e.